The van der Waals surface area contributed by atoms with Crippen LogP contribution in [0, 0.1) is 6.92 Å². The lowest BCUT2D eigenvalue weighted by molar-refractivity contribution is 0.101. The number of carbonyl (C=O) groups excluding carboxylic acids is 1. The van der Waals surface area contributed by atoms with E-state index in [1.54, 1.807) is 12.1 Å². The molecular weight excluding hydrogens is 247 g/mol. The van der Waals surface area contributed by atoms with Crippen LogP contribution in [0.5, 0.6) is 0 Å². The van der Waals surface area contributed by atoms with Gasteiger partial charge < -0.3 is 4.57 Å². The number of Topliss-reactive ketones (excluding diaryl/α,β-unsaturated/α-hetero) is 1. The Morgan fingerprint density at radius 3 is 2.75 bits per heavy atom. The Kier molecular flexibility index (Phi) is 2.91. The lowest BCUT2D eigenvalue weighted by Crippen LogP contribution is -2.07. The summed E-state index contributed by atoms with van der Waals surface area (Å²) in [5.41, 5.74) is 2.25. The zero-order valence-corrected chi connectivity index (χ0v) is 10.4. The molecule has 0 atom stereocenters. The van der Waals surface area contributed by atoms with Gasteiger partial charge in [-0.2, -0.15) is 0 Å². The van der Waals surface area contributed by atoms with Crippen molar-refractivity contribution in [3.63, 3.8) is 0 Å². The molecule has 0 aliphatic carbocycles. The van der Waals surface area contributed by atoms with Crippen LogP contribution in [0.15, 0.2) is 18.2 Å². The van der Waals surface area contributed by atoms with E-state index in [0.29, 0.717) is 5.56 Å². The molecule has 1 aromatic heterocycles. The van der Waals surface area contributed by atoms with Crippen LogP contribution in [0.3, 0.4) is 0 Å². The molecule has 1 heterocycles. The summed E-state index contributed by atoms with van der Waals surface area (Å²) in [7, 11) is 1.93. The van der Waals surface area contributed by atoms with Gasteiger partial charge in [0.25, 0.3) is 0 Å². The third kappa shape index (κ3) is 1.81. The summed E-state index contributed by atoms with van der Waals surface area (Å²) in [4.78, 5) is 14.9. The first kappa shape index (κ1) is 11.4. The van der Waals surface area contributed by atoms with E-state index in [1.807, 2.05) is 24.6 Å². The first-order chi connectivity index (χ1) is 7.50. The van der Waals surface area contributed by atoms with Crippen molar-refractivity contribution in [1.82, 2.24) is 9.55 Å². The summed E-state index contributed by atoms with van der Waals surface area (Å²) >= 11 is 11.1. The standard InChI is InChI=1S/C11H10Cl2N2O/c1-6-14-8-5-7(10(16)11(12)13)3-4-9(8)15(6)2/h3-5,11H,1-2H3. The number of alkyl halides is 2. The fourth-order valence-corrected chi connectivity index (χ4v) is 1.85. The van der Waals surface area contributed by atoms with E-state index in [-0.39, 0.29) is 5.78 Å². The molecule has 0 amide bonds. The average Bonchev–Trinajstić information content (AvgIpc) is 2.53. The van der Waals surface area contributed by atoms with Crippen molar-refractivity contribution in [3.8, 4) is 0 Å². The lowest BCUT2D eigenvalue weighted by Gasteiger charge is -2.01. The Morgan fingerprint density at radius 2 is 2.12 bits per heavy atom. The maximum atomic E-state index is 11.6. The van der Waals surface area contributed by atoms with Crippen molar-refractivity contribution in [2.75, 3.05) is 0 Å². The highest BCUT2D eigenvalue weighted by Gasteiger charge is 2.15. The SMILES string of the molecule is Cc1nc2cc(C(=O)C(Cl)Cl)ccc2n1C. The molecule has 84 valence electrons. The average molecular weight is 257 g/mol. The number of halogens is 2. The van der Waals surface area contributed by atoms with E-state index in [0.717, 1.165) is 16.9 Å². The number of hydrogen-bond acceptors (Lipinski definition) is 2. The number of carbonyl (C=O) groups is 1. The van der Waals surface area contributed by atoms with Gasteiger partial charge in [-0.05, 0) is 25.1 Å². The minimum absolute atomic E-state index is 0.298. The van der Waals surface area contributed by atoms with E-state index in [1.165, 1.54) is 0 Å². The molecule has 2 aromatic rings. The van der Waals surface area contributed by atoms with Crippen molar-refractivity contribution in [2.24, 2.45) is 7.05 Å². The number of rotatable bonds is 2. The lowest BCUT2D eigenvalue weighted by atomic mass is 10.1. The molecule has 3 nitrogen and oxygen atoms in total. The minimum atomic E-state index is -1.03. The molecular formula is C11H10Cl2N2O. The highest BCUT2D eigenvalue weighted by molar-refractivity contribution is 6.55. The second-order valence-electron chi connectivity index (χ2n) is 3.59. The Labute approximate surface area is 103 Å². The third-order valence-corrected chi connectivity index (χ3v) is 2.98. The minimum Gasteiger partial charge on any atom is -0.331 e. The van der Waals surface area contributed by atoms with Crippen LogP contribution in [0.1, 0.15) is 16.2 Å². The highest BCUT2D eigenvalue weighted by Crippen LogP contribution is 2.19. The fraction of sp³-hybridized carbons (Fsp3) is 0.273. The van der Waals surface area contributed by atoms with Crippen LogP contribution in [-0.4, -0.2) is 20.2 Å². The van der Waals surface area contributed by atoms with Gasteiger partial charge in [-0.25, -0.2) is 4.98 Å². The van der Waals surface area contributed by atoms with Gasteiger partial charge in [0.2, 0.25) is 0 Å². The van der Waals surface area contributed by atoms with Crippen molar-refractivity contribution in [1.29, 1.82) is 0 Å². The summed E-state index contributed by atoms with van der Waals surface area (Å²) in [5, 5.41) is 0. The van der Waals surface area contributed by atoms with Crippen molar-refractivity contribution in [2.45, 2.75) is 11.8 Å². The van der Waals surface area contributed by atoms with E-state index in [4.69, 9.17) is 23.2 Å². The van der Waals surface area contributed by atoms with E-state index in [2.05, 4.69) is 4.98 Å². The van der Waals surface area contributed by atoms with Crippen molar-refractivity contribution >= 4 is 40.0 Å². The maximum Gasteiger partial charge on any atom is 0.195 e. The summed E-state index contributed by atoms with van der Waals surface area (Å²) < 4.78 is 1.96. The maximum absolute atomic E-state index is 11.6. The number of imidazole rings is 1. The van der Waals surface area contributed by atoms with Gasteiger partial charge >= 0.3 is 0 Å². The molecule has 0 radical (unpaired) electrons. The second kappa shape index (κ2) is 4.07. The molecule has 0 N–H and O–H groups in total. The van der Waals surface area contributed by atoms with Gasteiger partial charge in [-0.1, -0.05) is 23.2 Å². The van der Waals surface area contributed by atoms with Gasteiger partial charge in [0.05, 0.1) is 11.0 Å². The van der Waals surface area contributed by atoms with Crippen LogP contribution >= 0.6 is 23.2 Å². The molecule has 0 aliphatic heterocycles. The van der Waals surface area contributed by atoms with Gasteiger partial charge in [0, 0.05) is 12.6 Å². The molecule has 16 heavy (non-hydrogen) atoms. The molecule has 0 bridgehead atoms. The van der Waals surface area contributed by atoms with Crippen LogP contribution in [0.25, 0.3) is 11.0 Å². The van der Waals surface area contributed by atoms with Crippen LogP contribution in [0.4, 0.5) is 0 Å². The van der Waals surface area contributed by atoms with Crippen LogP contribution < -0.4 is 0 Å². The number of benzene rings is 1. The van der Waals surface area contributed by atoms with E-state index < -0.39 is 4.84 Å². The normalized spacial score (nSPS) is 11.3. The topological polar surface area (TPSA) is 34.9 Å². The summed E-state index contributed by atoms with van der Waals surface area (Å²) in [6.45, 7) is 1.91. The molecule has 0 aliphatic rings. The summed E-state index contributed by atoms with van der Waals surface area (Å²) in [5.74, 6) is 0.599. The first-order valence-corrected chi connectivity index (χ1v) is 5.63. The Hall–Kier alpha value is -1.06. The Morgan fingerprint density at radius 1 is 1.44 bits per heavy atom. The molecule has 0 unspecified atom stereocenters. The van der Waals surface area contributed by atoms with E-state index in [9.17, 15) is 4.79 Å². The molecule has 0 spiro atoms. The van der Waals surface area contributed by atoms with Gasteiger partial charge in [0.15, 0.2) is 10.6 Å². The number of aromatic nitrogens is 2. The van der Waals surface area contributed by atoms with Crippen molar-refractivity contribution in [3.05, 3.63) is 29.6 Å². The third-order valence-electron chi connectivity index (χ3n) is 2.59. The quantitative estimate of drug-likeness (QED) is 0.612. The molecule has 0 saturated carbocycles. The molecule has 0 saturated heterocycles. The zero-order valence-electron chi connectivity index (χ0n) is 8.87. The summed E-state index contributed by atoms with van der Waals surface area (Å²) in [6, 6.07) is 5.27. The molecule has 0 fully saturated rings. The number of aryl methyl sites for hydroxylation is 2. The van der Waals surface area contributed by atoms with Gasteiger partial charge in [-0.15, -0.1) is 0 Å². The van der Waals surface area contributed by atoms with Gasteiger partial charge in [-0.3, -0.25) is 4.79 Å². The molecule has 2 rings (SSSR count). The number of nitrogens with zero attached hydrogens (tertiary/aromatic N) is 2. The van der Waals surface area contributed by atoms with Gasteiger partial charge in [0.1, 0.15) is 5.82 Å². The highest BCUT2D eigenvalue weighted by atomic mass is 35.5. The van der Waals surface area contributed by atoms with E-state index >= 15 is 0 Å². The monoisotopic (exact) mass is 256 g/mol. The predicted molar refractivity (Wildman–Crippen MR) is 65.3 cm³/mol. The largest absolute Gasteiger partial charge is 0.331 e. The number of fused-ring (bicyclic) bond motifs is 1. The van der Waals surface area contributed by atoms with Crippen LogP contribution in [-0.2, 0) is 7.05 Å². The summed E-state index contributed by atoms with van der Waals surface area (Å²) in [6.07, 6.45) is 0. The second-order valence-corrected chi connectivity index (χ2v) is 4.68. The Bertz CT molecular complexity index is 560. The molecule has 5 heteroatoms. The molecule has 1 aromatic carbocycles. The Balaban J connectivity index is 2.57. The fourth-order valence-electron chi connectivity index (χ4n) is 1.60. The number of ketones is 1. The van der Waals surface area contributed by atoms with Crippen LogP contribution in [0.2, 0.25) is 0 Å². The first-order valence-electron chi connectivity index (χ1n) is 4.76. The number of hydrogen-bond donors (Lipinski definition) is 0. The zero-order chi connectivity index (χ0) is 11.9. The van der Waals surface area contributed by atoms with Crippen molar-refractivity contribution < 1.29 is 4.79 Å². The smallest absolute Gasteiger partial charge is 0.195 e. The predicted octanol–water partition coefficient (Wildman–Crippen LogP) is 2.87.